The van der Waals surface area contributed by atoms with Crippen LogP contribution in [0.25, 0.3) is 0 Å². The van der Waals surface area contributed by atoms with E-state index in [0.29, 0.717) is 18.4 Å². The molecule has 0 saturated carbocycles. The minimum atomic E-state index is -1.02. The van der Waals surface area contributed by atoms with E-state index in [1.165, 1.54) is 6.42 Å². The van der Waals surface area contributed by atoms with E-state index < -0.39 is 35.3 Å². The van der Waals surface area contributed by atoms with Crippen molar-refractivity contribution in [3.05, 3.63) is 35.9 Å². The number of primary amides is 1. The molecular formula is C27H37N3O5S2. The minimum absolute atomic E-state index is 0.00986. The Morgan fingerprint density at radius 2 is 1.78 bits per heavy atom. The summed E-state index contributed by atoms with van der Waals surface area (Å²) in [6.45, 7) is 2.76. The monoisotopic (exact) mass is 547 g/mol. The van der Waals surface area contributed by atoms with Gasteiger partial charge in [-0.3, -0.25) is 28.9 Å². The van der Waals surface area contributed by atoms with Crippen LogP contribution in [-0.4, -0.2) is 69.3 Å². The van der Waals surface area contributed by atoms with Crippen molar-refractivity contribution in [2.75, 3.05) is 25.1 Å². The largest absolute Gasteiger partial charge is 0.368 e. The highest BCUT2D eigenvalue weighted by Gasteiger charge is 2.47. The zero-order chi connectivity index (χ0) is 27.0. The van der Waals surface area contributed by atoms with Gasteiger partial charge in [0.05, 0.1) is 10.1 Å². The van der Waals surface area contributed by atoms with E-state index in [0.717, 1.165) is 24.5 Å². The number of hydrogen-bond donors (Lipinski definition) is 2. The zero-order valence-electron chi connectivity index (χ0n) is 21.6. The number of hydrogen-bond acceptors (Lipinski definition) is 8. The predicted octanol–water partition coefficient (Wildman–Crippen LogP) is 2.89. The van der Waals surface area contributed by atoms with Gasteiger partial charge in [-0.25, -0.2) is 0 Å². The molecule has 1 spiro atoms. The van der Waals surface area contributed by atoms with Gasteiger partial charge in [0.15, 0.2) is 11.6 Å². The molecule has 2 unspecified atom stereocenters. The Hall–Kier alpha value is -2.17. The number of carbonyl (C=O) groups excluding carboxylic acids is 5. The molecule has 2 aliphatic rings. The van der Waals surface area contributed by atoms with Gasteiger partial charge in [-0.15, -0.1) is 23.5 Å². The first-order valence-corrected chi connectivity index (χ1v) is 14.8. The van der Waals surface area contributed by atoms with E-state index in [1.54, 1.807) is 30.3 Å². The minimum Gasteiger partial charge on any atom is -0.368 e. The molecule has 10 heteroatoms. The first-order chi connectivity index (χ1) is 17.7. The molecule has 8 nitrogen and oxygen atoms in total. The Bertz CT molecular complexity index is 997. The van der Waals surface area contributed by atoms with Crippen molar-refractivity contribution in [1.29, 1.82) is 0 Å². The molecule has 37 heavy (non-hydrogen) atoms. The molecule has 0 aliphatic carbocycles. The van der Waals surface area contributed by atoms with Gasteiger partial charge in [-0.2, -0.15) is 0 Å². The number of amides is 2. The second-order valence-electron chi connectivity index (χ2n) is 9.85. The third-order valence-electron chi connectivity index (χ3n) is 6.95. The molecule has 202 valence electrons. The quantitative estimate of drug-likeness (QED) is 0.361. The van der Waals surface area contributed by atoms with E-state index in [1.807, 2.05) is 37.5 Å². The average molecular weight is 548 g/mol. The van der Waals surface area contributed by atoms with Gasteiger partial charge < -0.3 is 11.1 Å². The summed E-state index contributed by atoms with van der Waals surface area (Å²) in [7, 11) is 1.96. The molecule has 1 aromatic carbocycles. The van der Waals surface area contributed by atoms with Crippen molar-refractivity contribution in [1.82, 2.24) is 10.2 Å². The second kappa shape index (κ2) is 13.6. The number of ketones is 3. The number of rotatable bonds is 13. The predicted molar refractivity (Wildman–Crippen MR) is 147 cm³/mol. The lowest BCUT2D eigenvalue weighted by Gasteiger charge is -2.31. The standard InChI is InChI=1S/C27H37N3O5S2/c1-3-8-19(15-22(32)20-16-27(17-30(20)2)36-13-7-14-37-27)25(34)21(31)11-12-23(33)29-24(26(28)35)18-9-5-4-6-10-18/h4-6,9-10,19-20,24H,3,7-8,11-17H2,1-2H3,(H2,28,35)(H,29,33)/t19?,20?,24-/m0/s1. The Kier molecular flexibility index (Phi) is 10.8. The van der Waals surface area contributed by atoms with Gasteiger partial charge in [0, 0.05) is 31.7 Å². The van der Waals surface area contributed by atoms with Crippen LogP contribution in [0.15, 0.2) is 30.3 Å². The van der Waals surface area contributed by atoms with E-state index in [2.05, 4.69) is 10.2 Å². The normalized spacial score (nSPS) is 20.8. The molecule has 0 bridgehead atoms. The Morgan fingerprint density at radius 1 is 1.11 bits per heavy atom. The number of nitrogens with zero attached hydrogens (tertiary/aromatic N) is 1. The van der Waals surface area contributed by atoms with Crippen LogP contribution in [-0.2, 0) is 24.0 Å². The van der Waals surface area contributed by atoms with Crippen molar-refractivity contribution < 1.29 is 24.0 Å². The molecule has 2 saturated heterocycles. The van der Waals surface area contributed by atoms with E-state index >= 15 is 0 Å². The third kappa shape index (κ3) is 7.91. The van der Waals surface area contributed by atoms with E-state index in [4.69, 9.17) is 5.73 Å². The molecule has 3 N–H and O–H groups in total. The molecule has 1 aromatic rings. The number of Topliss-reactive ketones (excluding diaryl/α,β-unsaturated/α-hetero) is 3. The molecule has 0 radical (unpaired) electrons. The number of benzene rings is 1. The topological polar surface area (TPSA) is 127 Å². The highest BCUT2D eigenvalue weighted by Crippen LogP contribution is 2.50. The molecule has 2 amide bonds. The van der Waals surface area contributed by atoms with E-state index in [-0.39, 0.29) is 35.2 Å². The molecule has 2 aliphatic heterocycles. The van der Waals surface area contributed by atoms with Gasteiger partial charge in [0.2, 0.25) is 17.6 Å². The molecule has 3 atom stereocenters. The van der Waals surface area contributed by atoms with Crippen LogP contribution >= 0.6 is 23.5 Å². The fourth-order valence-electron chi connectivity index (χ4n) is 5.02. The van der Waals surface area contributed by atoms with Crippen molar-refractivity contribution in [2.45, 2.75) is 68.0 Å². The Labute approximate surface area is 227 Å². The average Bonchev–Trinajstić information content (AvgIpc) is 3.20. The highest BCUT2D eigenvalue weighted by molar-refractivity contribution is 8.18. The first-order valence-electron chi connectivity index (χ1n) is 12.9. The van der Waals surface area contributed by atoms with Crippen LogP contribution < -0.4 is 11.1 Å². The summed E-state index contributed by atoms with van der Waals surface area (Å²) < 4.78 is 0.0449. The van der Waals surface area contributed by atoms with Crippen molar-refractivity contribution in [2.24, 2.45) is 11.7 Å². The van der Waals surface area contributed by atoms with Crippen LogP contribution in [0.5, 0.6) is 0 Å². The number of nitrogens with two attached hydrogens (primary N) is 1. The Balaban J connectivity index is 1.54. The summed E-state index contributed by atoms with van der Waals surface area (Å²) in [4.78, 5) is 65.3. The van der Waals surface area contributed by atoms with Crippen molar-refractivity contribution >= 4 is 52.7 Å². The maximum absolute atomic E-state index is 13.2. The summed E-state index contributed by atoms with van der Waals surface area (Å²) in [6, 6.07) is 7.32. The van der Waals surface area contributed by atoms with Gasteiger partial charge in [-0.05, 0) is 43.4 Å². The van der Waals surface area contributed by atoms with Crippen molar-refractivity contribution in [3.8, 4) is 0 Å². The maximum atomic E-state index is 13.2. The van der Waals surface area contributed by atoms with Crippen molar-refractivity contribution in [3.63, 3.8) is 0 Å². The van der Waals surface area contributed by atoms with Crippen LogP contribution in [0.1, 0.15) is 63.5 Å². The number of likely N-dealkylation sites (N-methyl/N-ethyl adjacent to an activating group) is 1. The lowest BCUT2D eigenvalue weighted by atomic mass is 9.87. The van der Waals surface area contributed by atoms with Crippen LogP contribution in [0.2, 0.25) is 0 Å². The molecular weight excluding hydrogens is 510 g/mol. The number of likely N-dealkylation sites (tertiary alicyclic amines) is 1. The van der Waals surface area contributed by atoms with Gasteiger partial charge in [0.25, 0.3) is 0 Å². The maximum Gasteiger partial charge on any atom is 0.244 e. The van der Waals surface area contributed by atoms with Gasteiger partial charge >= 0.3 is 0 Å². The van der Waals surface area contributed by atoms with Gasteiger partial charge in [0.1, 0.15) is 6.04 Å². The summed E-state index contributed by atoms with van der Waals surface area (Å²) >= 11 is 3.87. The summed E-state index contributed by atoms with van der Waals surface area (Å²) in [6.07, 6.45) is 2.60. The fourth-order valence-corrected chi connectivity index (χ4v) is 8.50. The molecule has 0 aromatic heterocycles. The zero-order valence-corrected chi connectivity index (χ0v) is 23.2. The number of thioether (sulfide) groups is 2. The lowest BCUT2D eigenvalue weighted by molar-refractivity contribution is -0.141. The van der Waals surface area contributed by atoms with Gasteiger partial charge in [-0.1, -0.05) is 43.7 Å². The Morgan fingerprint density at radius 3 is 2.41 bits per heavy atom. The third-order valence-corrected chi connectivity index (χ3v) is 10.3. The second-order valence-corrected chi connectivity index (χ2v) is 13.1. The summed E-state index contributed by atoms with van der Waals surface area (Å²) in [5, 5.41) is 2.54. The first kappa shape index (κ1) is 29.4. The smallest absolute Gasteiger partial charge is 0.244 e. The summed E-state index contributed by atoms with van der Waals surface area (Å²) in [5.74, 6) is -0.966. The SMILES string of the molecule is CCCC(CC(=O)C1CC2(CN1C)SCCCS2)C(=O)C(=O)CCC(=O)N[C@H](C(N)=O)c1ccccc1. The number of carbonyl (C=O) groups is 5. The van der Waals surface area contributed by atoms with Crippen LogP contribution in [0.4, 0.5) is 0 Å². The fraction of sp³-hybridized carbons (Fsp3) is 0.593. The van der Waals surface area contributed by atoms with E-state index in [9.17, 15) is 24.0 Å². The summed E-state index contributed by atoms with van der Waals surface area (Å²) in [5.41, 5.74) is 5.97. The molecule has 3 rings (SSSR count). The number of nitrogens with one attached hydrogen (secondary N) is 1. The lowest BCUT2D eigenvalue weighted by Crippen LogP contribution is -2.38. The van der Waals surface area contributed by atoms with Crippen LogP contribution in [0.3, 0.4) is 0 Å². The molecule has 2 fully saturated rings. The van der Waals surface area contributed by atoms with Crippen LogP contribution in [0, 0.1) is 5.92 Å². The molecule has 2 heterocycles. The highest BCUT2D eigenvalue weighted by atomic mass is 32.2.